The third kappa shape index (κ3) is 7.38. The molecule has 6 aromatic rings. The summed E-state index contributed by atoms with van der Waals surface area (Å²) in [5, 5.41) is 4.91. The lowest BCUT2D eigenvalue weighted by atomic mass is 9.96. The molecule has 6 rings (SSSR count). The summed E-state index contributed by atoms with van der Waals surface area (Å²) in [5.74, 6) is -0.927. The Morgan fingerprint density at radius 3 is 2.35 bits per heavy atom. The van der Waals surface area contributed by atoms with Gasteiger partial charge in [-0.05, 0) is 83.2 Å². The van der Waals surface area contributed by atoms with Crippen LogP contribution in [0.1, 0.15) is 31.3 Å². The Morgan fingerprint density at radius 2 is 1.67 bits per heavy atom. The molecule has 4 aromatic carbocycles. The van der Waals surface area contributed by atoms with Crippen molar-refractivity contribution in [2.24, 2.45) is 0 Å². The number of nitrogens with one attached hydrogen (secondary N) is 1. The number of halogens is 2. The van der Waals surface area contributed by atoms with Crippen molar-refractivity contribution in [3.8, 4) is 11.1 Å². The van der Waals surface area contributed by atoms with Crippen LogP contribution in [0.3, 0.4) is 0 Å². The van der Waals surface area contributed by atoms with Crippen LogP contribution in [0.2, 0.25) is 5.02 Å². The Labute approximate surface area is 301 Å². The number of hydrogen-bond acceptors (Lipinski definition) is 6. The first-order valence-electron chi connectivity index (χ1n) is 14.8. The molecule has 2 aromatic heterocycles. The first-order chi connectivity index (χ1) is 23.6. The van der Waals surface area contributed by atoms with E-state index in [1.165, 1.54) is 27.3 Å². The highest BCUT2D eigenvalue weighted by molar-refractivity contribution is 9.10. The van der Waals surface area contributed by atoms with Gasteiger partial charge >= 0.3 is 5.97 Å². The van der Waals surface area contributed by atoms with Gasteiger partial charge in [-0.2, -0.15) is 0 Å². The van der Waals surface area contributed by atoms with Crippen LogP contribution >= 0.6 is 38.9 Å². The summed E-state index contributed by atoms with van der Waals surface area (Å²) >= 11 is 8.25. The SMILES string of the molecule is COC(=O)c1c(-c2ccccc2)c2cc(Br)ccc2c(=O)n1Cc1ccc(N(c2ccc(CNC(=O)c3ccc(Cl)cc3)s2)S(=O)O)cc1. The number of esters is 1. The van der Waals surface area contributed by atoms with Crippen molar-refractivity contribution in [2.75, 3.05) is 11.4 Å². The average molecular weight is 777 g/mol. The van der Waals surface area contributed by atoms with Gasteiger partial charge in [0.2, 0.25) is 0 Å². The summed E-state index contributed by atoms with van der Waals surface area (Å²) in [5.41, 5.74) is 2.63. The monoisotopic (exact) mass is 775 g/mol. The van der Waals surface area contributed by atoms with Gasteiger partial charge in [-0.25, -0.2) is 13.3 Å². The number of hydrogen-bond donors (Lipinski definition) is 2. The van der Waals surface area contributed by atoms with Crippen molar-refractivity contribution in [1.82, 2.24) is 9.88 Å². The predicted molar refractivity (Wildman–Crippen MR) is 198 cm³/mol. The van der Waals surface area contributed by atoms with Gasteiger partial charge in [0, 0.05) is 30.9 Å². The second kappa shape index (κ2) is 14.9. The number of rotatable bonds is 10. The van der Waals surface area contributed by atoms with Gasteiger partial charge in [0.1, 0.15) is 10.7 Å². The number of thiophene rings is 1. The maximum absolute atomic E-state index is 13.9. The topological polar surface area (TPSA) is 118 Å². The van der Waals surface area contributed by atoms with Gasteiger partial charge in [-0.3, -0.25) is 18.7 Å². The predicted octanol–water partition coefficient (Wildman–Crippen LogP) is 8.19. The van der Waals surface area contributed by atoms with E-state index in [4.69, 9.17) is 16.3 Å². The summed E-state index contributed by atoms with van der Waals surface area (Å²) in [7, 11) is 1.28. The summed E-state index contributed by atoms with van der Waals surface area (Å²) in [6.07, 6.45) is 0. The minimum atomic E-state index is -2.41. The van der Waals surface area contributed by atoms with Crippen LogP contribution in [-0.2, 0) is 29.1 Å². The molecule has 1 unspecified atom stereocenters. The summed E-state index contributed by atoms with van der Waals surface area (Å²) in [4.78, 5) is 40.6. The first kappa shape index (κ1) is 34.3. The molecule has 49 heavy (non-hydrogen) atoms. The lowest BCUT2D eigenvalue weighted by molar-refractivity contribution is 0.0588. The number of benzene rings is 4. The van der Waals surface area contributed by atoms with Crippen molar-refractivity contribution in [2.45, 2.75) is 13.1 Å². The van der Waals surface area contributed by atoms with Crippen LogP contribution in [0.5, 0.6) is 0 Å². The number of carbonyl (C=O) groups is 2. The molecule has 0 saturated heterocycles. The van der Waals surface area contributed by atoms with E-state index in [1.54, 1.807) is 72.8 Å². The Bertz CT molecular complexity index is 2260. The fraction of sp³-hybridized carbons (Fsp3) is 0.0833. The Morgan fingerprint density at radius 1 is 0.959 bits per heavy atom. The second-order valence-corrected chi connectivity index (χ2v) is 14.1. The van der Waals surface area contributed by atoms with Gasteiger partial charge in [0.05, 0.1) is 25.9 Å². The van der Waals surface area contributed by atoms with Crippen molar-refractivity contribution >= 4 is 83.5 Å². The zero-order valence-electron chi connectivity index (χ0n) is 25.8. The van der Waals surface area contributed by atoms with Crippen LogP contribution in [0, 0.1) is 0 Å². The van der Waals surface area contributed by atoms with Crippen LogP contribution in [0.25, 0.3) is 21.9 Å². The number of nitrogens with zero attached hydrogens (tertiary/aromatic N) is 2. The molecule has 13 heteroatoms. The number of fused-ring (bicyclic) bond motifs is 1. The molecule has 0 bridgehead atoms. The number of aromatic nitrogens is 1. The van der Waals surface area contributed by atoms with Crippen molar-refractivity contribution in [3.05, 3.63) is 151 Å². The molecular formula is C36H27BrClN3O6S2. The number of pyridine rings is 1. The quantitative estimate of drug-likeness (QED) is 0.107. The number of methoxy groups -OCH3 is 1. The Balaban J connectivity index is 1.30. The molecule has 1 atom stereocenters. The van der Waals surface area contributed by atoms with Gasteiger partial charge in [0.25, 0.3) is 22.7 Å². The molecule has 0 aliphatic heterocycles. The third-order valence-corrected chi connectivity index (χ3v) is 10.4. The fourth-order valence-electron chi connectivity index (χ4n) is 5.43. The molecule has 9 nitrogen and oxygen atoms in total. The molecular weight excluding hydrogens is 750 g/mol. The molecule has 0 aliphatic carbocycles. The van der Waals surface area contributed by atoms with E-state index in [0.717, 1.165) is 14.9 Å². The fourth-order valence-corrected chi connectivity index (χ4v) is 7.61. The average Bonchev–Trinajstić information content (AvgIpc) is 3.57. The maximum Gasteiger partial charge on any atom is 0.355 e. The van der Waals surface area contributed by atoms with E-state index in [1.807, 2.05) is 36.4 Å². The van der Waals surface area contributed by atoms with Crippen LogP contribution in [0.4, 0.5) is 10.7 Å². The summed E-state index contributed by atoms with van der Waals surface area (Å²) in [6, 6.07) is 31.5. The van der Waals surface area contributed by atoms with Crippen molar-refractivity contribution < 1.29 is 23.1 Å². The van der Waals surface area contributed by atoms with Gasteiger partial charge < -0.3 is 10.1 Å². The van der Waals surface area contributed by atoms with Gasteiger partial charge in [-0.1, -0.05) is 70.0 Å². The minimum Gasteiger partial charge on any atom is -0.464 e. The van der Waals surface area contributed by atoms with Crippen LogP contribution in [0.15, 0.2) is 118 Å². The zero-order valence-corrected chi connectivity index (χ0v) is 29.7. The van der Waals surface area contributed by atoms with E-state index in [2.05, 4.69) is 21.2 Å². The molecule has 248 valence electrons. The van der Waals surface area contributed by atoms with E-state index >= 15 is 0 Å². The standard InChI is InChI=1S/C36H27BrClN3O6S2/c1-47-36(44)33-32(23-5-3-2-4-6-23)30-19-25(37)11-17-29(30)35(43)40(33)21-22-7-14-27(15-8-22)41(49(45)46)31-18-16-28(48-31)20-39-34(42)24-9-12-26(38)13-10-24/h2-19H,20-21H2,1H3,(H,39,42)(H,45,46). The van der Waals surface area contributed by atoms with Crippen molar-refractivity contribution in [3.63, 3.8) is 0 Å². The van der Waals surface area contributed by atoms with Gasteiger partial charge in [0.15, 0.2) is 0 Å². The highest BCUT2D eigenvalue weighted by atomic mass is 79.9. The summed E-state index contributed by atoms with van der Waals surface area (Å²) < 4.78 is 31.4. The molecule has 0 aliphatic rings. The number of ether oxygens (including phenoxy) is 1. The molecule has 1 amide bonds. The van der Waals surface area contributed by atoms with Crippen molar-refractivity contribution in [1.29, 1.82) is 0 Å². The zero-order chi connectivity index (χ0) is 34.7. The summed E-state index contributed by atoms with van der Waals surface area (Å²) in [6.45, 7) is 0.260. The van der Waals surface area contributed by atoms with Crippen LogP contribution in [-0.4, -0.2) is 32.3 Å². The van der Waals surface area contributed by atoms with Crippen LogP contribution < -0.4 is 15.2 Å². The molecule has 0 saturated carbocycles. The van der Waals surface area contributed by atoms with E-state index in [-0.39, 0.29) is 30.2 Å². The minimum absolute atomic E-state index is 0.0358. The number of amides is 1. The molecule has 0 spiro atoms. The maximum atomic E-state index is 13.9. The Hall–Kier alpha value is -4.59. The lowest BCUT2D eigenvalue weighted by Crippen LogP contribution is -2.28. The largest absolute Gasteiger partial charge is 0.464 e. The highest BCUT2D eigenvalue weighted by Gasteiger charge is 2.25. The highest BCUT2D eigenvalue weighted by Crippen LogP contribution is 2.35. The molecule has 2 heterocycles. The van der Waals surface area contributed by atoms with E-state index in [9.17, 15) is 23.1 Å². The second-order valence-electron chi connectivity index (χ2n) is 10.8. The molecule has 2 N–H and O–H groups in total. The lowest BCUT2D eigenvalue weighted by Gasteiger charge is -2.20. The number of carbonyl (C=O) groups excluding carboxylic acids is 2. The Kier molecular flexibility index (Phi) is 10.4. The van der Waals surface area contributed by atoms with E-state index in [0.29, 0.717) is 43.2 Å². The molecule has 0 fully saturated rings. The third-order valence-electron chi connectivity index (χ3n) is 7.72. The van der Waals surface area contributed by atoms with Gasteiger partial charge in [-0.15, -0.1) is 11.3 Å². The normalized spacial score (nSPS) is 11.7. The first-order valence-corrected chi connectivity index (χ1v) is 17.8. The molecule has 0 radical (unpaired) electrons. The van der Waals surface area contributed by atoms with E-state index < -0.39 is 17.2 Å². The number of anilines is 2. The smallest absolute Gasteiger partial charge is 0.355 e.